The molecule has 0 saturated carbocycles. The van der Waals surface area contributed by atoms with Gasteiger partial charge in [0.25, 0.3) is 5.91 Å². The third-order valence-corrected chi connectivity index (χ3v) is 4.63. The third-order valence-electron chi connectivity index (χ3n) is 4.63. The van der Waals surface area contributed by atoms with Crippen LogP contribution in [0.4, 0.5) is 5.69 Å². The molecule has 2 amide bonds. The second-order valence-electron chi connectivity index (χ2n) is 7.29. The van der Waals surface area contributed by atoms with Crippen molar-refractivity contribution < 1.29 is 9.59 Å². The largest absolute Gasteiger partial charge is 0.348 e. The molecule has 136 valence electrons. The molecule has 26 heavy (non-hydrogen) atoms. The molecule has 4 nitrogen and oxygen atoms in total. The topological polar surface area (TPSA) is 49.4 Å². The first-order valence-electron chi connectivity index (χ1n) is 9.29. The Labute approximate surface area is 155 Å². The molecule has 0 radical (unpaired) electrons. The maximum Gasteiger partial charge on any atom is 0.251 e. The molecule has 1 heterocycles. The summed E-state index contributed by atoms with van der Waals surface area (Å²) in [6.07, 6.45) is 2.58. The zero-order valence-electron chi connectivity index (χ0n) is 15.5. The second kappa shape index (κ2) is 8.17. The first-order chi connectivity index (χ1) is 12.5. The maximum atomic E-state index is 12.3. The van der Waals surface area contributed by atoms with Crippen LogP contribution in [0.15, 0.2) is 48.5 Å². The lowest BCUT2D eigenvalue weighted by molar-refractivity contribution is -0.117. The van der Waals surface area contributed by atoms with Crippen LogP contribution in [0.3, 0.4) is 0 Å². The Kier molecular flexibility index (Phi) is 5.71. The van der Waals surface area contributed by atoms with E-state index in [0.717, 1.165) is 30.6 Å². The van der Waals surface area contributed by atoms with Crippen molar-refractivity contribution in [3.8, 4) is 0 Å². The van der Waals surface area contributed by atoms with Crippen LogP contribution in [0.5, 0.6) is 0 Å². The fourth-order valence-electron chi connectivity index (χ4n) is 3.26. The van der Waals surface area contributed by atoms with Gasteiger partial charge in [-0.2, -0.15) is 0 Å². The molecule has 0 aromatic heterocycles. The standard InChI is InChI=1S/C22H26N2O2/c1-16(2)14-17-5-9-19(10-6-17)22(26)23-15-18-7-11-20(12-8-18)24-13-3-4-21(24)25/h5-12,16H,3-4,13-15H2,1-2H3,(H,23,26). The van der Waals surface area contributed by atoms with Crippen molar-refractivity contribution in [1.82, 2.24) is 5.32 Å². The quantitative estimate of drug-likeness (QED) is 0.858. The summed E-state index contributed by atoms with van der Waals surface area (Å²) >= 11 is 0. The molecule has 0 bridgehead atoms. The van der Waals surface area contributed by atoms with E-state index in [9.17, 15) is 9.59 Å². The molecule has 1 fully saturated rings. The number of nitrogens with zero attached hydrogens (tertiary/aromatic N) is 1. The molecule has 0 unspecified atom stereocenters. The minimum absolute atomic E-state index is 0.0695. The summed E-state index contributed by atoms with van der Waals surface area (Å²) in [5, 5.41) is 2.95. The Hall–Kier alpha value is -2.62. The van der Waals surface area contributed by atoms with Crippen LogP contribution < -0.4 is 10.2 Å². The SMILES string of the molecule is CC(C)Cc1ccc(C(=O)NCc2ccc(N3CCCC3=O)cc2)cc1. The van der Waals surface area contributed by atoms with Gasteiger partial charge in [0.2, 0.25) is 5.91 Å². The molecule has 1 saturated heterocycles. The predicted molar refractivity (Wildman–Crippen MR) is 104 cm³/mol. The van der Waals surface area contributed by atoms with E-state index < -0.39 is 0 Å². The molecular formula is C22H26N2O2. The molecule has 0 spiro atoms. The van der Waals surface area contributed by atoms with E-state index >= 15 is 0 Å². The van der Waals surface area contributed by atoms with E-state index in [1.54, 1.807) is 0 Å². The second-order valence-corrected chi connectivity index (χ2v) is 7.29. The minimum atomic E-state index is -0.0695. The number of anilines is 1. The molecule has 2 aromatic carbocycles. The van der Waals surface area contributed by atoms with E-state index in [0.29, 0.717) is 24.4 Å². The van der Waals surface area contributed by atoms with Gasteiger partial charge in [0.05, 0.1) is 0 Å². The van der Waals surface area contributed by atoms with Crippen LogP contribution >= 0.6 is 0 Å². The lowest BCUT2D eigenvalue weighted by Gasteiger charge is -2.16. The number of hydrogen-bond donors (Lipinski definition) is 1. The molecule has 3 rings (SSSR count). The monoisotopic (exact) mass is 350 g/mol. The molecule has 0 aliphatic carbocycles. The van der Waals surface area contributed by atoms with Gasteiger partial charge in [0.1, 0.15) is 0 Å². The summed E-state index contributed by atoms with van der Waals surface area (Å²) < 4.78 is 0. The Bertz CT molecular complexity index is 764. The third kappa shape index (κ3) is 4.51. The molecule has 4 heteroatoms. The smallest absolute Gasteiger partial charge is 0.251 e. The first-order valence-corrected chi connectivity index (χ1v) is 9.29. The number of rotatable bonds is 6. The van der Waals surface area contributed by atoms with Crippen LogP contribution in [-0.4, -0.2) is 18.4 Å². The van der Waals surface area contributed by atoms with Crippen molar-refractivity contribution in [3.63, 3.8) is 0 Å². The number of carbonyl (C=O) groups excluding carboxylic acids is 2. The average molecular weight is 350 g/mol. The van der Waals surface area contributed by atoms with E-state index in [1.807, 2.05) is 53.4 Å². The highest BCUT2D eigenvalue weighted by Crippen LogP contribution is 2.21. The maximum absolute atomic E-state index is 12.3. The number of benzene rings is 2. The van der Waals surface area contributed by atoms with Crippen molar-refractivity contribution in [3.05, 3.63) is 65.2 Å². The molecule has 2 aromatic rings. The van der Waals surface area contributed by atoms with E-state index in [4.69, 9.17) is 0 Å². The molecule has 1 N–H and O–H groups in total. The summed E-state index contributed by atoms with van der Waals surface area (Å²) in [6, 6.07) is 15.6. The van der Waals surface area contributed by atoms with E-state index in [-0.39, 0.29) is 11.8 Å². The Morgan fingerprint density at radius 2 is 1.69 bits per heavy atom. The highest BCUT2D eigenvalue weighted by Gasteiger charge is 2.21. The van der Waals surface area contributed by atoms with E-state index in [2.05, 4.69) is 19.2 Å². The minimum Gasteiger partial charge on any atom is -0.348 e. The van der Waals surface area contributed by atoms with Crippen LogP contribution in [0.1, 0.15) is 48.2 Å². The van der Waals surface area contributed by atoms with Gasteiger partial charge in [-0.3, -0.25) is 9.59 Å². The van der Waals surface area contributed by atoms with Crippen molar-refractivity contribution in [2.24, 2.45) is 5.92 Å². The van der Waals surface area contributed by atoms with Gasteiger partial charge in [-0.05, 0) is 54.2 Å². The summed E-state index contributed by atoms with van der Waals surface area (Å²) in [5.74, 6) is 0.723. The summed E-state index contributed by atoms with van der Waals surface area (Å²) in [5.41, 5.74) is 3.88. The van der Waals surface area contributed by atoms with Crippen LogP contribution in [0.25, 0.3) is 0 Å². The van der Waals surface area contributed by atoms with Crippen LogP contribution in [0.2, 0.25) is 0 Å². The van der Waals surface area contributed by atoms with Crippen molar-refractivity contribution in [2.75, 3.05) is 11.4 Å². The number of amides is 2. The van der Waals surface area contributed by atoms with Gasteiger partial charge in [-0.25, -0.2) is 0 Å². The van der Waals surface area contributed by atoms with E-state index in [1.165, 1.54) is 5.56 Å². The number of nitrogens with one attached hydrogen (secondary N) is 1. The zero-order valence-corrected chi connectivity index (χ0v) is 15.5. The highest BCUT2D eigenvalue weighted by atomic mass is 16.2. The van der Waals surface area contributed by atoms with Crippen molar-refractivity contribution >= 4 is 17.5 Å². The summed E-state index contributed by atoms with van der Waals surface area (Å²) in [6.45, 7) is 5.64. The highest BCUT2D eigenvalue weighted by molar-refractivity contribution is 5.95. The van der Waals surface area contributed by atoms with Gasteiger partial charge >= 0.3 is 0 Å². The van der Waals surface area contributed by atoms with Crippen LogP contribution in [-0.2, 0) is 17.8 Å². The van der Waals surface area contributed by atoms with Gasteiger partial charge in [0, 0.05) is 30.8 Å². The Balaban J connectivity index is 1.55. The van der Waals surface area contributed by atoms with Gasteiger partial charge in [-0.15, -0.1) is 0 Å². The number of hydrogen-bond acceptors (Lipinski definition) is 2. The van der Waals surface area contributed by atoms with Gasteiger partial charge in [0.15, 0.2) is 0 Å². The predicted octanol–water partition coefficient (Wildman–Crippen LogP) is 3.94. The summed E-state index contributed by atoms with van der Waals surface area (Å²) in [4.78, 5) is 25.9. The lowest BCUT2D eigenvalue weighted by Crippen LogP contribution is -2.24. The van der Waals surface area contributed by atoms with Crippen molar-refractivity contribution in [2.45, 2.75) is 39.7 Å². The van der Waals surface area contributed by atoms with Gasteiger partial charge < -0.3 is 10.2 Å². The molecule has 1 aliphatic rings. The normalized spacial score (nSPS) is 14.1. The summed E-state index contributed by atoms with van der Waals surface area (Å²) in [7, 11) is 0. The fraction of sp³-hybridized carbons (Fsp3) is 0.364. The Morgan fingerprint density at radius 1 is 1.04 bits per heavy atom. The number of carbonyl (C=O) groups is 2. The molecule has 1 aliphatic heterocycles. The zero-order chi connectivity index (χ0) is 18.5. The first kappa shape index (κ1) is 18.2. The fourth-order valence-corrected chi connectivity index (χ4v) is 3.26. The van der Waals surface area contributed by atoms with Crippen molar-refractivity contribution in [1.29, 1.82) is 0 Å². The lowest BCUT2D eigenvalue weighted by atomic mass is 10.0. The van der Waals surface area contributed by atoms with Crippen LogP contribution in [0, 0.1) is 5.92 Å². The molecule has 0 atom stereocenters. The average Bonchev–Trinajstić information content (AvgIpc) is 3.06. The van der Waals surface area contributed by atoms with Gasteiger partial charge in [-0.1, -0.05) is 38.1 Å². The Morgan fingerprint density at radius 3 is 2.27 bits per heavy atom. The molecular weight excluding hydrogens is 324 g/mol.